The third-order valence-corrected chi connectivity index (χ3v) is 7.25. The van der Waals surface area contributed by atoms with E-state index < -0.39 is 23.8 Å². The third kappa shape index (κ3) is 11.1. The summed E-state index contributed by atoms with van der Waals surface area (Å²) >= 11 is 0. The summed E-state index contributed by atoms with van der Waals surface area (Å²) < 4.78 is 5.57. The van der Waals surface area contributed by atoms with E-state index in [9.17, 15) is 14.4 Å². The smallest absolute Gasteiger partial charge is 0.408 e. The van der Waals surface area contributed by atoms with Crippen molar-refractivity contribution in [3.8, 4) is 0 Å². The topological polar surface area (TPSA) is 87.7 Å². The normalized spacial score (nSPS) is 13.7. The van der Waals surface area contributed by atoms with Crippen LogP contribution in [-0.2, 0) is 20.7 Å². The first kappa shape index (κ1) is 34.8. The Morgan fingerprint density at radius 2 is 1.62 bits per heavy atom. The van der Waals surface area contributed by atoms with E-state index in [2.05, 4.69) is 31.4 Å². The van der Waals surface area contributed by atoms with Gasteiger partial charge in [0.05, 0.1) is 0 Å². The van der Waals surface area contributed by atoms with Gasteiger partial charge in [0.15, 0.2) is 0 Å². The minimum atomic E-state index is -0.931. The molecule has 3 atom stereocenters. The quantitative estimate of drug-likeness (QED) is 0.235. The lowest BCUT2D eigenvalue weighted by Gasteiger charge is -2.39. The van der Waals surface area contributed by atoms with Gasteiger partial charge in [-0.1, -0.05) is 81.3 Å². The number of benzene rings is 2. The maximum Gasteiger partial charge on any atom is 0.408 e. The third-order valence-electron chi connectivity index (χ3n) is 7.25. The summed E-state index contributed by atoms with van der Waals surface area (Å²) in [5.74, 6) is -0.0860. The molecule has 0 aliphatic rings. The molecule has 0 heterocycles. The van der Waals surface area contributed by atoms with Gasteiger partial charge >= 0.3 is 6.09 Å². The van der Waals surface area contributed by atoms with Gasteiger partial charge in [0.1, 0.15) is 17.7 Å². The average Bonchev–Trinajstić information content (AvgIpc) is 2.90. The zero-order valence-corrected chi connectivity index (χ0v) is 27.3. The van der Waals surface area contributed by atoms with E-state index in [1.807, 2.05) is 69.3 Å². The zero-order valence-electron chi connectivity index (χ0n) is 27.3. The Bertz CT molecular complexity index is 1160. The van der Waals surface area contributed by atoms with Crippen molar-refractivity contribution in [2.24, 2.45) is 5.92 Å². The van der Waals surface area contributed by atoms with Gasteiger partial charge in [0, 0.05) is 19.0 Å². The van der Waals surface area contributed by atoms with E-state index in [4.69, 9.17) is 4.74 Å². The molecular formula is C35H53N3O4. The molecule has 232 valence electrons. The monoisotopic (exact) mass is 579 g/mol. The number of alkyl carbamates (subject to hydrolysis) is 1. The molecule has 0 radical (unpaired) electrons. The molecule has 0 saturated carbocycles. The summed E-state index contributed by atoms with van der Waals surface area (Å²) in [5, 5.41) is 5.96. The molecule has 2 aromatic carbocycles. The Kier molecular flexibility index (Phi) is 13.5. The maximum atomic E-state index is 14.8. The molecule has 3 unspecified atom stereocenters. The summed E-state index contributed by atoms with van der Waals surface area (Å²) in [4.78, 5) is 43.6. The number of hydrogen-bond acceptors (Lipinski definition) is 4. The van der Waals surface area contributed by atoms with Gasteiger partial charge in [-0.2, -0.15) is 0 Å². The van der Waals surface area contributed by atoms with E-state index in [0.29, 0.717) is 12.5 Å². The Balaban J connectivity index is 2.66. The number of unbranched alkanes of at least 4 members (excludes halogenated alkanes) is 1. The van der Waals surface area contributed by atoms with Crippen LogP contribution in [0.3, 0.4) is 0 Å². The SMILES string of the molecule is CCCCNC(=O)C(c1cc(C)ccc1C)N(C(=O)C(Cc1ccccc1)NC(=O)OC(C)(C)C)C(C)CCC(C)C. The maximum absolute atomic E-state index is 14.8. The van der Waals surface area contributed by atoms with Crippen molar-refractivity contribution in [3.63, 3.8) is 0 Å². The summed E-state index contributed by atoms with van der Waals surface area (Å²) in [6.07, 6.45) is 3.01. The molecule has 0 aliphatic carbocycles. The molecule has 2 N–H and O–H groups in total. The van der Waals surface area contributed by atoms with Gasteiger partial charge < -0.3 is 20.3 Å². The van der Waals surface area contributed by atoms with Crippen molar-refractivity contribution in [2.75, 3.05) is 6.54 Å². The van der Waals surface area contributed by atoms with E-state index >= 15 is 0 Å². The Labute approximate surface area is 253 Å². The summed E-state index contributed by atoms with van der Waals surface area (Å²) in [6.45, 7) is 18.3. The van der Waals surface area contributed by atoms with Crippen LogP contribution in [0.5, 0.6) is 0 Å². The van der Waals surface area contributed by atoms with Gasteiger partial charge in [0.25, 0.3) is 0 Å². The van der Waals surface area contributed by atoms with Crippen LogP contribution < -0.4 is 10.6 Å². The fourth-order valence-electron chi connectivity index (χ4n) is 4.95. The molecule has 7 heteroatoms. The average molecular weight is 580 g/mol. The number of carbonyl (C=O) groups is 3. The highest BCUT2D eigenvalue weighted by atomic mass is 16.6. The molecule has 7 nitrogen and oxygen atoms in total. The molecular weight excluding hydrogens is 526 g/mol. The highest BCUT2D eigenvalue weighted by Gasteiger charge is 2.39. The number of nitrogens with zero attached hydrogens (tertiary/aromatic N) is 1. The summed E-state index contributed by atoms with van der Waals surface area (Å²) in [7, 11) is 0. The first-order valence-corrected chi connectivity index (χ1v) is 15.4. The predicted octanol–water partition coefficient (Wildman–Crippen LogP) is 7.05. The van der Waals surface area contributed by atoms with Gasteiger partial charge in [-0.3, -0.25) is 9.59 Å². The number of rotatable bonds is 14. The number of ether oxygens (including phenoxy) is 1. The minimum Gasteiger partial charge on any atom is -0.444 e. The minimum absolute atomic E-state index is 0.211. The van der Waals surface area contributed by atoms with Crippen LogP contribution in [0.15, 0.2) is 48.5 Å². The predicted molar refractivity (Wildman–Crippen MR) is 170 cm³/mol. The molecule has 0 bridgehead atoms. The first-order chi connectivity index (χ1) is 19.7. The Morgan fingerprint density at radius 1 is 0.952 bits per heavy atom. The summed E-state index contributed by atoms with van der Waals surface area (Å²) in [5.41, 5.74) is 2.92. The number of aryl methyl sites for hydroxylation is 2. The molecule has 0 fully saturated rings. The fraction of sp³-hybridized carbons (Fsp3) is 0.571. The largest absolute Gasteiger partial charge is 0.444 e. The molecule has 2 aromatic rings. The van der Waals surface area contributed by atoms with Crippen LogP contribution in [-0.4, -0.2) is 47.0 Å². The lowest BCUT2D eigenvalue weighted by molar-refractivity contribution is -0.145. The van der Waals surface area contributed by atoms with Gasteiger partial charge in [0.2, 0.25) is 11.8 Å². The van der Waals surface area contributed by atoms with Crippen LogP contribution in [0, 0.1) is 19.8 Å². The van der Waals surface area contributed by atoms with Crippen molar-refractivity contribution >= 4 is 17.9 Å². The van der Waals surface area contributed by atoms with Gasteiger partial charge in [-0.25, -0.2) is 4.79 Å². The molecule has 2 rings (SSSR count). The van der Waals surface area contributed by atoms with E-state index in [0.717, 1.165) is 47.9 Å². The molecule has 42 heavy (non-hydrogen) atoms. The van der Waals surface area contributed by atoms with Crippen molar-refractivity contribution in [3.05, 3.63) is 70.8 Å². The molecule has 0 saturated heterocycles. The molecule has 0 aromatic heterocycles. The summed E-state index contributed by atoms with van der Waals surface area (Å²) in [6, 6.07) is 13.6. The van der Waals surface area contributed by atoms with E-state index in [1.165, 1.54) is 0 Å². The first-order valence-electron chi connectivity index (χ1n) is 15.4. The number of carbonyl (C=O) groups excluding carboxylic acids is 3. The second-order valence-electron chi connectivity index (χ2n) is 12.9. The van der Waals surface area contributed by atoms with E-state index in [-0.39, 0.29) is 24.3 Å². The van der Waals surface area contributed by atoms with Crippen molar-refractivity contribution in [1.82, 2.24) is 15.5 Å². The van der Waals surface area contributed by atoms with Crippen molar-refractivity contribution in [1.29, 1.82) is 0 Å². The molecule has 0 spiro atoms. The highest BCUT2D eigenvalue weighted by molar-refractivity contribution is 5.92. The lowest BCUT2D eigenvalue weighted by atomic mass is 9.93. The van der Waals surface area contributed by atoms with Crippen LogP contribution in [0.1, 0.15) is 102 Å². The highest BCUT2D eigenvalue weighted by Crippen LogP contribution is 2.30. The van der Waals surface area contributed by atoms with Gasteiger partial charge in [-0.05, 0) is 83.4 Å². The van der Waals surface area contributed by atoms with Crippen LogP contribution in [0.4, 0.5) is 4.79 Å². The number of amides is 3. The van der Waals surface area contributed by atoms with Crippen LogP contribution in [0.2, 0.25) is 0 Å². The number of hydrogen-bond donors (Lipinski definition) is 2. The second kappa shape index (κ2) is 16.3. The zero-order chi connectivity index (χ0) is 31.4. The Morgan fingerprint density at radius 3 is 2.21 bits per heavy atom. The fourth-order valence-corrected chi connectivity index (χ4v) is 4.95. The lowest BCUT2D eigenvalue weighted by Crippen LogP contribution is -2.56. The van der Waals surface area contributed by atoms with Crippen molar-refractivity contribution in [2.45, 2.75) is 118 Å². The Hall–Kier alpha value is -3.35. The standard InChI is InChI=1S/C35H53N3O4/c1-10-11-21-36-32(39)31(29-22-25(4)18-19-26(29)5)38(27(6)20-17-24(2)3)33(40)30(23-28-15-13-12-14-16-28)37-34(41)42-35(7,8)9/h12-16,18-19,22,24,27,30-31H,10-11,17,20-21,23H2,1-9H3,(H,36,39)(H,37,41). The van der Waals surface area contributed by atoms with E-state index in [1.54, 1.807) is 25.7 Å². The molecule has 0 aliphatic heterocycles. The second-order valence-corrected chi connectivity index (χ2v) is 12.9. The molecule has 3 amide bonds. The number of nitrogens with one attached hydrogen (secondary N) is 2. The van der Waals surface area contributed by atoms with Crippen molar-refractivity contribution < 1.29 is 19.1 Å². The van der Waals surface area contributed by atoms with Crippen LogP contribution in [0.25, 0.3) is 0 Å². The van der Waals surface area contributed by atoms with Crippen LogP contribution >= 0.6 is 0 Å². The van der Waals surface area contributed by atoms with Gasteiger partial charge in [-0.15, -0.1) is 0 Å².